The number of hydrogen-bond donors (Lipinski definition) is 2. The highest BCUT2D eigenvalue weighted by molar-refractivity contribution is 6.33. The fourth-order valence-electron chi connectivity index (χ4n) is 1.99. The van der Waals surface area contributed by atoms with Crippen LogP contribution in [0.3, 0.4) is 0 Å². The summed E-state index contributed by atoms with van der Waals surface area (Å²) in [5.74, 6) is 0.0334. The molecule has 0 saturated heterocycles. The van der Waals surface area contributed by atoms with Crippen molar-refractivity contribution in [3.63, 3.8) is 0 Å². The van der Waals surface area contributed by atoms with Crippen LogP contribution in [-0.4, -0.2) is 25.2 Å². The van der Waals surface area contributed by atoms with E-state index in [-0.39, 0.29) is 24.5 Å². The van der Waals surface area contributed by atoms with Crippen LogP contribution in [0.25, 0.3) is 0 Å². The number of urea groups is 1. The number of para-hydroxylation sites is 1. The Morgan fingerprint density at radius 1 is 1.40 bits per heavy atom. The maximum Gasteiger partial charge on any atom is 0.319 e. The molecule has 0 radical (unpaired) electrons. The van der Waals surface area contributed by atoms with Crippen molar-refractivity contribution in [1.29, 1.82) is 0 Å². The lowest BCUT2D eigenvalue weighted by Crippen LogP contribution is -2.40. The zero-order chi connectivity index (χ0) is 14.5. The molecule has 1 fully saturated rings. The number of amides is 2. The molecule has 1 aliphatic carbocycles. The first-order chi connectivity index (χ1) is 9.60. The van der Waals surface area contributed by atoms with Crippen molar-refractivity contribution in [2.24, 2.45) is 5.92 Å². The van der Waals surface area contributed by atoms with Gasteiger partial charge in [0.1, 0.15) is 0 Å². The lowest BCUT2D eigenvalue weighted by atomic mass is 10.1. The van der Waals surface area contributed by atoms with E-state index in [2.05, 4.69) is 15.4 Å². The van der Waals surface area contributed by atoms with Crippen LogP contribution in [0.2, 0.25) is 5.02 Å². The van der Waals surface area contributed by atoms with Gasteiger partial charge in [-0.1, -0.05) is 23.7 Å². The molecular weight excluding hydrogens is 280 g/mol. The molecule has 2 rings (SSSR count). The molecule has 2 N–H and O–H groups in total. The topological polar surface area (TPSA) is 67.4 Å². The molecule has 20 heavy (non-hydrogen) atoms. The highest BCUT2D eigenvalue weighted by Gasteiger charge is 2.34. The Morgan fingerprint density at radius 2 is 2.10 bits per heavy atom. The number of rotatable bonds is 5. The highest BCUT2D eigenvalue weighted by atomic mass is 35.5. The third-order valence-electron chi connectivity index (χ3n) is 3.24. The van der Waals surface area contributed by atoms with E-state index < -0.39 is 0 Å². The maximum absolute atomic E-state index is 11.9. The van der Waals surface area contributed by atoms with Gasteiger partial charge in [0.15, 0.2) is 0 Å². The van der Waals surface area contributed by atoms with Gasteiger partial charge in [-0.25, -0.2) is 4.79 Å². The minimum atomic E-state index is -0.362. The molecule has 1 aliphatic rings. The van der Waals surface area contributed by atoms with Gasteiger partial charge in [-0.15, -0.1) is 0 Å². The predicted octanol–water partition coefficient (Wildman–Crippen LogP) is 2.80. The normalized spacial score (nSPS) is 15.3. The Labute approximate surface area is 122 Å². The summed E-state index contributed by atoms with van der Waals surface area (Å²) in [4.78, 5) is 23.3. The predicted molar refractivity (Wildman–Crippen MR) is 76.8 cm³/mol. The second-order valence-corrected chi connectivity index (χ2v) is 5.21. The van der Waals surface area contributed by atoms with Crippen LogP contribution in [0.5, 0.6) is 0 Å². The summed E-state index contributed by atoms with van der Waals surface area (Å²) < 4.78 is 4.65. The summed E-state index contributed by atoms with van der Waals surface area (Å²) >= 11 is 5.97. The van der Waals surface area contributed by atoms with Crippen LogP contribution in [0.15, 0.2) is 24.3 Å². The minimum Gasteiger partial charge on any atom is -0.469 e. The number of methoxy groups -OCH3 is 1. The summed E-state index contributed by atoms with van der Waals surface area (Å²) in [5, 5.41) is 5.96. The smallest absolute Gasteiger partial charge is 0.319 e. The number of anilines is 1. The molecule has 0 spiro atoms. The van der Waals surface area contributed by atoms with E-state index in [9.17, 15) is 9.59 Å². The van der Waals surface area contributed by atoms with Gasteiger partial charge in [-0.3, -0.25) is 4.79 Å². The molecule has 0 bridgehead atoms. The number of halogens is 1. The van der Waals surface area contributed by atoms with Crippen molar-refractivity contribution in [2.45, 2.75) is 25.3 Å². The van der Waals surface area contributed by atoms with Crippen LogP contribution in [0.1, 0.15) is 19.3 Å². The molecule has 0 unspecified atom stereocenters. The van der Waals surface area contributed by atoms with E-state index in [1.54, 1.807) is 24.3 Å². The maximum atomic E-state index is 11.9. The molecule has 1 aromatic rings. The van der Waals surface area contributed by atoms with E-state index in [0.717, 1.165) is 12.8 Å². The number of esters is 1. The van der Waals surface area contributed by atoms with Gasteiger partial charge in [0.25, 0.3) is 0 Å². The summed E-state index contributed by atoms with van der Waals surface area (Å²) in [6, 6.07) is 6.44. The van der Waals surface area contributed by atoms with E-state index in [1.165, 1.54) is 7.11 Å². The number of carbonyl (C=O) groups is 2. The van der Waals surface area contributed by atoms with Crippen LogP contribution in [0, 0.1) is 5.92 Å². The Hall–Kier alpha value is -1.75. The van der Waals surface area contributed by atoms with Gasteiger partial charge < -0.3 is 15.4 Å². The second kappa shape index (κ2) is 6.61. The highest BCUT2D eigenvalue weighted by Crippen LogP contribution is 2.34. The van der Waals surface area contributed by atoms with Crippen LogP contribution >= 0.6 is 11.6 Å². The van der Waals surface area contributed by atoms with Gasteiger partial charge in [0.2, 0.25) is 0 Å². The second-order valence-electron chi connectivity index (χ2n) is 4.80. The van der Waals surface area contributed by atoms with Gasteiger partial charge >= 0.3 is 12.0 Å². The van der Waals surface area contributed by atoms with Gasteiger partial charge in [-0.2, -0.15) is 0 Å². The average molecular weight is 297 g/mol. The molecular formula is C14H17ClN2O3. The lowest BCUT2D eigenvalue weighted by molar-refractivity contribution is -0.141. The number of hydrogen-bond acceptors (Lipinski definition) is 3. The average Bonchev–Trinajstić information content (AvgIpc) is 3.25. The zero-order valence-corrected chi connectivity index (χ0v) is 11.9. The Balaban J connectivity index is 1.91. The number of benzene rings is 1. The zero-order valence-electron chi connectivity index (χ0n) is 11.2. The standard InChI is InChI=1S/C14H17ClN2O3/c1-20-13(18)8-12(9-6-7-9)17-14(19)16-11-5-3-2-4-10(11)15/h2-5,9,12H,6-8H2,1H3,(H2,16,17,19)/t12-/m1/s1. The molecule has 1 saturated carbocycles. The minimum absolute atomic E-state index is 0.190. The van der Waals surface area contributed by atoms with E-state index in [0.29, 0.717) is 16.6 Å². The van der Waals surface area contributed by atoms with Crippen LogP contribution in [0.4, 0.5) is 10.5 Å². The van der Waals surface area contributed by atoms with Crippen molar-refractivity contribution >= 4 is 29.3 Å². The first-order valence-corrected chi connectivity index (χ1v) is 6.87. The molecule has 6 heteroatoms. The Morgan fingerprint density at radius 3 is 2.70 bits per heavy atom. The largest absolute Gasteiger partial charge is 0.469 e. The lowest BCUT2D eigenvalue weighted by Gasteiger charge is -2.17. The van der Waals surface area contributed by atoms with Crippen LogP contribution < -0.4 is 10.6 Å². The van der Waals surface area contributed by atoms with Gasteiger partial charge in [-0.05, 0) is 30.9 Å². The molecule has 108 valence electrons. The molecule has 5 nitrogen and oxygen atoms in total. The third kappa shape index (κ3) is 4.13. The summed E-state index contributed by atoms with van der Waals surface area (Å²) in [6.45, 7) is 0. The van der Waals surface area contributed by atoms with Crippen molar-refractivity contribution in [3.8, 4) is 0 Å². The molecule has 1 atom stereocenters. The van der Waals surface area contributed by atoms with Crippen LogP contribution in [-0.2, 0) is 9.53 Å². The molecule has 1 aromatic carbocycles. The summed E-state index contributed by atoms with van der Waals surface area (Å²) in [6.07, 6.45) is 2.24. The van der Waals surface area contributed by atoms with Crippen molar-refractivity contribution in [3.05, 3.63) is 29.3 Å². The SMILES string of the molecule is COC(=O)C[C@@H](NC(=O)Nc1ccccc1Cl)C1CC1. The van der Waals surface area contributed by atoms with Crippen molar-refractivity contribution in [2.75, 3.05) is 12.4 Å². The monoisotopic (exact) mass is 296 g/mol. The van der Waals surface area contributed by atoms with Crippen molar-refractivity contribution < 1.29 is 14.3 Å². The van der Waals surface area contributed by atoms with Crippen molar-refractivity contribution in [1.82, 2.24) is 5.32 Å². The van der Waals surface area contributed by atoms with E-state index in [1.807, 2.05) is 0 Å². The molecule has 0 aliphatic heterocycles. The fraction of sp³-hybridized carbons (Fsp3) is 0.429. The molecule has 0 aromatic heterocycles. The summed E-state index contributed by atoms with van der Waals surface area (Å²) in [7, 11) is 1.34. The van der Waals surface area contributed by atoms with Gasteiger partial charge in [0, 0.05) is 6.04 Å². The quantitative estimate of drug-likeness (QED) is 0.821. The number of carbonyl (C=O) groups excluding carboxylic acids is 2. The number of ether oxygens (including phenoxy) is 1. The third-order valence-corrected chi connectivity index (χ3v) is 3.57. The van der Waals surface area contributed by atoms with E-state index >= 15 is 0 Å². The van der Waals surface area contributed by atoms with E-state index in [4.69, 9.17) is 11.6 Å². The fourth-order valence-corrected chi connectivity index (χ4v) is 2.17. The first kappa shape index (κ1) is 14.7. The molecule has 0 heterocycles. The first-order valence-electron chi connectivity index (χ1n) is 6.49. The summed E-state index contributed by atoms with van der Waals surface area (Å²) in [5.41, 5.74) is 0.541. The Kier molecular flexibility index (Phi) is 4.84. The number of nitrogens with one attached hydrogen (secondary N) is 2. The molecule has 2 amide bonds. The Bertz CT molecular complexity index is 503. The van der Waals surface area contributed by atoms with Gasteiger partial charge in [0.05, 0.1) is 24.2 Å².